The van der Waals surface area contributed by atoms with E-state index in [9.17, 15) is 43.2 Å². The van der Waals surface area contributed by atoms with E-state index in [4.69, 9.17) is 37.0 Å². The molecule has 19 heteroatoms. The minimum absolute atomic E-state index is 0.105. The molecule has 0 aliphatic heterocycles. The number of phosphoric acid groups is 2. The lowest BCUT2D eigenvalue weighted by molar-refractivity contribution is -0.161. The molecule has 576 valence electrons. The fraction of sp³-hybridized carbons (Fsp3) is 0.949. The molecule has 0 aromatic carbocycles. The van der Waals surface area contributed by atoms with Crippen molar-refractivity contribution in [1.29, 1.82) is 0 Å². The molecule has 97 heavy (non-hydrogen) atoms. The third-order valence-corrected chi connectivity index (χ3v) is 20.0. The molecule has 0 saturated carbocycles. The van der Waals surface area contributed by atoms with Gasteiger partial charge in [-0.25, -0.2) is 9.13 Å². The summed E-state index contributed by atoms with van der Waals surface area (Å²) in [6, 6.07) is 0. The average molecular weight is 1420 g/mol. The number of phosphoric ester groups is 2. The highest BCUT2D eigenvalue weighted by molar-refractivity contribution is 7.47. The minimum Gasteiger partial charge on any atom is -0.462 e. The average Bonchev–Trinajstić information content (AvgIpc) is 1.24. The third-order valence-electron chi connectivity index (χ3n) is 18.1. The van der Waals surface area contributed by atoms with Gasteiger partial charge in [-0.1, -0.05) is 350 Å². The lowest BCUT2D eigenvalue weighted by Crippen LogP contribution is -2.30. The Hall–Kier alpha value is -1.94. The number of unbranched alkanes of at least 4 members (excludes halogenated alkanes) is 44. The second kappa shape index (κ2) is 68.5. The first-order valence-electron chi connectivity index (χ1n) is 40.3. The molecular formula is C78H152O17P2. The van der Waals surface area contributed by atoms with Gasteiger partial charge in [-0.05, 0) is 43.4 Å². The number of aliphatic hydroxyl groups excluding tert-OH is 1. The zero-order chi connectivity index (χ0) is 71.6. The first-order chi connectivity index (χ1) is 46.7. The van der Waals surface area contributed by atoms with E-state index in [2.05, 4.69) is 48.5 Å². The number of hydrogen-bond donors (Lipinski definition) is 3. The second-order valence-electron chi connectivity index (χ2n) is 29.5. The van der Waals surface area contributed by atoms with Crippen molar-refractivity contribution in [3.05, 3.63) is 0 Å². The summed E-state index contributed by atoms with van der Waals surface area (Å²) in [6.45, 7) is 11.9. The van der Waals surface area contributed by atoms with Crippen molar-refractivity contribution >= 4 is 39.5 Å². The number of carbonyl (C=O) groups excluding carboxylic acids is 4. The lowest BCUT2D eigenvalue weighted by atomic mass is 10.0. The fourth-order valence-corrected chi connectivity index (χ4v) is 13.5. The Morgan fingerprint density at radius 1 is 0.278 bits per heavy atom. The van der Waals surface area contributed by atoms with Crippen molar-refractivity contribution in [3.8, 4) is 0 Å². The number of aliphatic hydroxyl groups is 1. The Labute approximate surface area is 594 Å². The first-order valence-corrected chi connectivity index (χ1v) is 43.3. The van der Waals surface area contributed by atoms with Crippen molar-refractivity contribution in [1.82, 2.24) is 0 Å². The van der Waals surface area contributed by atoms with E-state index in [-0.39, 0.29) is 25.7 Å². The van der Waals surface area contributed by atoms with Gasteiger partial charge in [-0.2, -0.15) is 0 Å². The number of esters is 4. The van der Waals surface area contributed by atoms with E-state index in [1.807, 2.05) is 0 Å². The second-order valence-corrected chi connectivity index (χ2v) is 32.4. The lowest BCUT2D eigenvalue weighted by Gasteiger charge is -2.21. The molecule has 2 unspecified atom stereocenters. The maximum Gasteiger partial charge on any atom is 0.472 e. The van der Waals surface area contributed by atoms with Crippen LogP contribution in [0, 0.1) is 17.8 Å². The quantitative estimate of drug-likeness (QED) is 0.0222. The van der Waals surface area contributed by atoms with Crippen molar-refractivity contribution in [2.75, 3.05) is 39.6 Å². The molecule has 0 rings (SSSR count). The minimum atomic E-state index is -4.96. The Morgan fingerprint density at radius 2 is 0.474 bits per heavy atom. The van der Waals surface area contributed by atoms with Gasteiger partial charge in [0.1, 0.15) is 19.3 Å². The van der Waals surface area contributed by atoms with Gasteiger partial charge in [0, 0.05) is 25.7 Å². The van der Waals surface area contributed by atoms with E-state index in [0.717, 1.165) is 108 Å². The number of carbonyl (C=O) groups is 4. The molecule has 0 radical (unpaired) electrons. The monoisotopic (exact) mass is 1420 g/mol. The SMILES string of the molecule is CCCCCCCCCCCCCCCCCCCCCC(=O)O[C@H](COC(=O)CCCCCCCCCCCCCCC(C)C)COP(=O)(O)OC[C@@H](O)COP(=O)(O)OC[C@@H](COC(=O)CCCCCCCCCCC(C)C)OC(=O)CCCCCCCCCCCC(C)C. The van der Waals surface area contributed by atoms with E-state index < -0.39 is 97.5 Å². The summed E-state index contributed by atoms with van der Waals surface area (Å²) >= 11 is 0. The highest BCUT2D eigenvalue weighted by Gasteiger charge is 2.30. The van der Waals surface area contributed by atoms with Gasteiger partial charge in [0.05, 0.1) is 26.4 Å². The van der Waals surface area contributed by atoms with Crippen LogP contribution in [0.15, 0.2) is 0 Å². The van der Waals surface area contributed by atoms with E-state index in [1.165, 1.54) is 212 Å². The van der Waals surface area contributed by atoms with Crippen LogP contribution in [0.25, 0.3) is 0 Å². The molecule has 0 aromatic rings. The summed E-state index contributed by atoms with van der Waals surface area (Å²) in [7, 11) is -9.92. The summed E-state index contributed by atoms with van der Waals surface area (Å²) in [6.07, 6.45) is 55.6. The Bertz CT molecular complexity index is 1890. The summed E-state index contributed by atoms with van der Waals surface area (Å²) < 4.78 is 68.6. The standard InChI is InChI=1S/C78H152O17P2/c1-8-9-10-11-12-13-14-15-16-17-18-19-20-21-26-31-40-47-54-61-77(82)94-73(65-88-75(80)59-52-45-38-30-25-23-22-24-28-35-42-49-56-69(2)3)67-92-96(84,85)90-63-72(79)64-91-97(86,87)93-68-74(66-89-76(81)60-53-46-39-34-33-37-44-51-58-71(6)7)95-78(83)62-55-48-41-32-27-29-36-43-50-57-70(4)5/h69-74,79H,8-68H2,1-7H3,(H,84,85)(H,86,87)/t72-,73-,74-/m1/s1. The van der Waals surface area contributed by atoms with Crippen LogP contribution in [0.3, 0.4) is 0 Å². The zero-order valence-corrected chi connectivity index (χ0v) is 65.3. The summed E-state index contributed by atoms with van der Waals surface area (Å²) in [5, 5.41) is 10.6. The van der Waals surface area contributed by atoms with E-state index >= 15 is 0 Å². The molecule has 0 bridgehead atoms. The van der Waals surface area contributed by atoms with Crippen LogP contribution in [0.4, 0.5) is 0 Å². The Kier molecular flexibility index (Phi) is 67.1. The molecule has 0 aliphatic carbocycles. The zero-order valence-electron chi connectivity index (χ0n) is 63.5. The van der Waals surface area contributed by atoms with Crippen molar-refractivity contribution in [2.45, 2.75) is 420 Å². The van der Waals surface area contributed by atoms with Crippen molar-refractivity contribution < 1.29 is 80.2 Å². The summed E-state index contributed by atoms with van der Waals surface area (Å²) in [4.78, 5) is 72.9. The van der Waals surface area contributed by atoms with Gasteiger partial charge in [0.2, 0.25) is 0 Å². The van der Waals surface area contributed by atoms with E-state index in [0.29, 0.717) is 25.7 Å². The number of ether oxygens (including phenoxy) is 4. The fourth-order valence-electron chi connectivity index (χ4n) is 12.0. The highest BCUT2D eigenvalue weighted by atomic mass is 31.2. The molecule has 17 nitrogen and oxygen atoms in total. The predicted molar refractivity (Wildman–Crippen MR) is 395 cm³/mol. The molecular weight excluding hydrogens is 1270 g/mol. The Morgan fingerprint density at radius 3 is 0.701 bits per heavy atom. The Balaban J connectivity index is 5.24. The van der Waals surface area contributed by atoms with Crippen LogP contribution in [-0.4, -0.2) is 96.7 Å². The largest absolute Gasteiger partial charge is 0.472 e. The van der Waals surface area contributed by atoms with Gasteiger partial charge < -0.3 is 33.8 Å². The summed E-state index contributed by atoms with van der Waals surface area (Å²) in [5.41, 5.74) is 0. The molecule has 5 atom stereocenters. The van der Waals surface area contributed by atoms with Gasteiger partial charge in [-0.15, -0.1) is 0 Å². The molecule has 0 amide bonds. The van der Waals surface area contributed by atoms with Gasteiger partial charge >= 0.3 is 39.5 Å². The maximum absolute atomic E-state index is 13.1. The topological polar surface area (TPSA) is 237 Å². The molecule has 0 aliphatic rings. The van der Waals surface area contributed by atoms with Crippen LogP contribution in [0.2, 0.25) is 0 Å². The van der Waals surface area contributed by atoms with E-state index in [1.54, 1.807) is 0 Å². The highest BCUT2D eigenvalue weighted by Crippen LogP contribution is 2.45. The molecule has 0 heterocycles. The molecule has 0 spiro atoms. The maximum atomic E-state index is 13.1. The third kappa shape index (κ3) is 72.2. The van der Waals surface area contributed by atoms with Crippen LogP contribution in [0.1, 0.15) is 402 Å². The smallest absolute Gasteiger partial charge is 0.462 e. The number of rotatable bonds is 76. The van der Waals surface area contributed by atoms with Crippen LogP contribution in [-0.2, 0) is 65.4 Å². The molecule has 0 saturated heterocycles. The molecule has 0 fully saturated rings. The molecule has 0 aromatic heterocycles. The van der Waals surface area contributed by atoms with Crippen LogP contribution in [0.5, 0.6) is 0 Å². The normalized spacial score (nSPS) is 14.0. The molecule has 3 N–H and O–H groups in total. The summed E-state index contributed by atoms with van der Waals surface area (Å²) in [5.74, 6) is 0.128. The van der Waals surface area contributed by atoms with Gasteiger partial charge in [0.25, 0.3) is 0 Å². The van der Waals surface area contributed by atoms with Crippen LogP contribution >= 0.6 is 15.6 Å². The van der Waals surface area contributed by atoms with Crippen molar-refractivity contribution in [2.24, 2.45) is 17.8 Å². The first kappa shape index (κ1) is 95.1. The van der Waals surface area contributed by atoms with Crippen LogP contribution < -0.4 is 0 Å². The predicted octanol–water partition coefficient (Wildman–Crippen LogP) is 23.0. The van der Waals surface area contributed by atoms with Gasteiger partial charge in [-0.3, -0.25) is 37.3 Å². The van der Waals surface area contributed by atoms with Gasteiger partial charge in [0.15, 0.2) is 12.2 Å². The van der Waals surface area contributed by atoms with Crippen molar-refractivity contribution in [3.63, 3.8) is 0 Å². The number of hydrogen-bond acceptors (Lipinski definition) is 15.